The third-order valence-corrected chi connectivity index (χ3v) is 3.56. The summed E-state index contributed by atoms with van der Waals surface area (Å²) in [6.07, 6.45) is 1.24. The zero-order valence-electron chi connectivity index (χ0n) is 9.23. The molecule has 1 amide bonds. The second kappa shape index (κ2) is 5.06. The van der Waals surface area contributed by atoms with E-state index in [4.69, 9.17) is 16.3 Å². The van der Waals surface area contributed by atoms with Gasteiger partial charge in [0.15, 0.2) is 6.10 Å². The fraction of sp³-hybridized carbons (Fsp3) is 0.455. The number of amides is 1. The van der Waals surface area contributed by atoms with Crippen molar-refractivity contribution in [3.05, 3.63) is 21.3 Å². The van der Waals surface area contributed by atoms with Crippen LogP contribution in [0.5, 0.6) is 0 Å². The summed E-state index contributed by atoms with van der Waals surface area (Å²) in [5.41, 5.74) is 0. The van der Waals surface area contributed by atoms with Crippen molar-refractivity contribution in [2.45, 2.75) is 31.9 Å². The third kappa shape index (κ3) is 3.44. The molecule has 6 heteroatoms. The molecule has 0 spiro atoms. The van der Waals surface area contributed by atoms with Gasteiger partial charge >= 0.3 is 5.97 Å². The van der Waals surface area contributed by atoms with E-state index < -0.39 is 12.1 Å². The molecular formula is C11H12ClNO3S. The van der Waals surface area contributed by atoms with Gasteiger partial charge in [0.25, 0.3) is 5.91 Å². The number of hydrogen-bond donors (Lipinski definition) is 1. The minimum Gasteiger partial charge on any atom is -0.448 e. The van der Waals surface area contributed by atoms with E-state index in [1.807, 2.05) is 0 Å². The number of ether oxygens (including phenoxy) is 1. The number of halogens is 1. The highest BCUT2D eigenvalue weighted by Gasteiger charge is 2.27. The molecule has 1 saturated carbocycles. The summed E-state index contributed by atoms with van der Waals surface area (Å²) in [6.45, 7) is 1.56. The molecule has 1 N–H and O–H groups in total. The lowest BCUT2D eigenvalue weighted by atomic mass is 10.3. The van der Waals surface area contributed by atoms with Crippen molar-refractivity contribution in [3.63, 3.8) is 0 Å². The molecule has 4 nitrogen and oxygen atoms in total. The summed E-state index contributed by atoms with van der Waals surface area (Å²) in [6, 6.07) is 3.47. The second-order valence-electron chi connectivity index (χ2n) is 3.93. The monoisotopic (exact) mass is 273 g/mol. The maximum absolute atomic E-state index is 11.6. The highest BCUT2D eigenvalue weighted by atomic mass is 35.5. The van der Waals surface area contributed by atoms with E-state index in [1.165, 1.54) is 0 Å². The number of carbonyl (C=O) groups is 2. The Morgan fingerprint density at radius 3 is 2.76 bits per heavy atom. The van der Waals surface area contributed by atoms with Crippen LogP contribution in [0, 0.1) is 0 Å². The zero-order valence-corrected chi connectivity index (χ0v) is 10.8. The first-order valence-electron chi connectivity index (χ1n) is 5.33. The van der Waals surface area contributed by atoms with Crippen LogP contribution in [0.25, 0.3) is 0 Å². The minimum atomic E-state index is -0.774. The molecule has 0 radical (unpaired) electrons. The molecule has 0 bridgehead atoms. The SMILES string of the molecule is C[C@H](OC(=O)c1ccc(Cl)s1)C(=O)NC1CC1. The minimum absolute atomic E-state index is 0.247. The van der Waals surface area contributed by atoms with E-state index in [0.717, 1.165) is 24.2 Å². The van der Waals surface area contributed by atoms with Crippen LogP contribution in [0.2, 0.25) is 4.34 Å². The van der Waals surface area contributed by atoms with Crippen LogP contribution in [0.4, 0.5) is 0 Å². The van der Waals surface area contributed by atoms with E-state index in [-0.39, 0.29) is 11.9 Å². The predicted octanol–water partition coefficient (Wildman–Crippen LogP) is 2.23. The first kappa shape index (κ1) is 12.4. The van der Waals surface area contributed by atoms with Gasteiger partial charge in [-0.2, -0.15) is 0 Å². The first-order valence-corrected chi connectivity index (χ1v) is 6.52. The van der Waals surface area contributed by atoms with Crippen molar-refractivity contribution in [2.24, 2.45) is 0 Å². The maximum atomic E-state index is 11.6. The molecule has 17 heavy (non-hydrogen) atoms. The largest absolute Gasteiger partial charge is 0.448 e. The second-order valence-corrected chi connectivity index (χ2v) is 5.65. The van der Waals surface area contributed by atoms with Crippen LogP contribution in [-0.4, -0.2) is 24.0 Å². The Kier molecular flexibility index (Phi) is 3.69. The van der Waals surface area contributed by atoms with Gasteiger partial charge in [-0.1, -0.05) is 11.6 Å². The normalized spacial score (nSPS) is 16.4. The molecule has 0 aliphatic heterocycles. The summed E-state index contributed by atoms with van der Waals surface area (Å²) in [4.78, 5) is 23.6. The van der Waals surface area contributed by atoms with Crippen molar-refractivity contribution in [1.29, 1.82) is 0 Å². The quantitative estimate of drug-likeness (QED) is 0.856. The van der Waals surface area contributed by atoms with Gasteiger partial charge in [0, 0.05) is 6.04 Å². The van der Waals surface area contributed by atoms with Gasteiger partial charge in [0.2, 0.25) is 0 Å². The van der Waals surface area contributed by atoms with Gasteiger partial charge < -0.3 is 10.1 Å². The highest BCUT2D eigenvalue weighted by Crippen LogP contribution is 2.22. The Morgan fingerprint density at radius 2 is 2.24 bits per heavy atom. The number of nitrogens with one attached hydrogen (secondary N) is 1. The van der Waals surface area contributed by atoms with Crippen molar-refractivity contribution >= 4 is 34.8 Å². The summed E-state index contributed by atoms with van der Waals surface area (Å²) in [7, 11) is 0. The average molecular weight is 274 g/mol. The van der Waals surface area contributed by atoms with Crippen LogP contribution in [0.3, 0.4) is 0 Å². The molecule has 1 atom stereocenters. The predicted molar refractivity (Wildman–Crippen MR) is 65.4 cm³/mol. The summed E-state index contributed by atoms with van der Waals surface area (Å²) in [5, 5.41) is 2.78. The van der Waals surface area contributed by atoms with Crippen molar-refractivity contribution < 1.29 is 14.3 Å². The molecule has 1 aromatic heterocycles. The van der Waals surface area contributed by atoms with Crippen LogP contribution < -0.4 is 5.32 Å². The fourth-order valence-corrected chi connectivity index (χ4v) is 2.17. The van der Waals surface area contributed by atoms with Gasteiger partial charge in [-0.3, -0.25) is 4.79 Å². The number of carbonyl (C=O) groups excluding carboxylic acids is 2. The number of rotatable bonds is 4. The van der Waals surface area contributed by atoms with E-state index in [2.05, 4.69) is 5.32 Å². The summed E-state index contributed by atoms with van der Waals surface area (Å²) in [5.74, 6) is -0.760. The van der Waals surface area contributed by atoms with Crippen LogP contribution in [0.1, 0.15) is 29.4 Å². The first-order chi connectivity index (χ1) is 8.06. The molecule has 1 aliphatic carbocycles. The lowest BCUT2D eigenvalue weighted by Crippen LogP contribution is -2.36. The number of thiophene rings is 1. The highest BCUT2D eigenvalue weighted by molar-refractivity contribution is 7.17. The lowest BCUT2D eigenvalue weighted by Gasteiger charge is -2.12. The van der Waals surface area contributed by atoms with E-state index >= 15 is 0 Å². The van der Waals surface area contributed by atoms with Crippen molar-refractivity contribution in [1.82, 2.24) is 5.32 Å². The molecular weight excluding hydrogens is 262 g/mol. The van der Waals surface area contributed by atoms with Gasteiger partial charge in [0.05, 0.1) is 4.34 Å². The Morgan fingerprint density at radius 1 is 1.53 bits per heavy atom. The molecule has 1 heterocycles. The molecule has 1 aromatic rings. The Labute approximate surface area is 108 Å². The lowest BCUT2D eigenvalue weighted by molar-refractivity contribution is -0.129. The van der Waals surface area contributed by atoms with Gasteiger partial charge in [-0.15, -0.1) is 11.3 Å². The van der Waals surface area contributed by atoms with Gasteiger partial charge in [-0.05, 0) is 31.9 Å². The number of hydrogen-bond acceptors (Lipinski definition) is 4. The van der Waals surface area contributed by atoms with Crippen LogP contribution in [0.15, 0.2) is 12.1 Å². The van der Waals surface area contributed by atoms with E-state index in [1.54, 1.807) is 19.1 Å². The number of esters is 1. The van der Waals surface area contributed by atoms with Crippen molar-refractivity contribution in [2.75, 3.05) is 0 Å². The van der Waals surface area contributed by atoms with Gasteiger partial charge in [-0.25, -0.2) is 4.79 Å². The molecule has 2 rings (SSSR count). The topological polar surface area (TPSA) is 55.4 Å². The van der Waals surface area contributed by atoms with Crippen LogP contribution >= 0.6 is 22.9 Å². The fourth-order valence-electron chi connectivity index (χ4n) is 1.24. The van der Waals surface area contributed by atoms with Gasteiger partial charge in [0.1, 0.15) is 4.88 Å². The van der Waals surface area contributed by atoms with Crippen LogP contribution in [-0.2, 0) is 9.53 Å². The third-order valence-electron chi connectivity index (χ3n) is 2.35. The molecule has 0 aromatic carbocycles. The standard InChI is InChI=1S/C11H12ClNO3S/c1-6(10(14)13-7-2-3-7)16-11(15)8-4-5-9(12)17-8/h4-7H,2-3H2,1H3,(H,13,14)/t6-/m0/s1. The van der Waals surface area contributed by atoms with E-state index in [9.17, 15) is 9.59 Å². The molecule has 1 aliphatic rings. The molecule has 0 unspecified atom stereocenters. The maximum Gasteiger partial charge on any atom is 0.349 e. The zero-order chi connectivity index (χ0) is 12.4. The average Bonchev–Trinajstić information content (AvgIpc) is 2.97. The van der Waals surface area contributed by atoms with E-state index in [0.29, 0.717) is 9.21 Å². The Hall–Kier alpha value is -1.07. The summed E-state index contributed by atoms with van der Waals surface area (Å²) < 4.78 is 5.56. The summed E-state index contributed by atoms with van der Waals surface area (Å²) >= 11 is 6.85. The smallest absolute Gasteiger partial charge is 0.349 e. The molecule has 1 fully saturated rings. The molecule has 92 valence electrons. The molecule has 0 saturated heterocycles. The Balaban J connectivity index is 1.86. The van der Waals surface area contributed by atoms with Crippen molar-refractivity contribution in [3.8, 4) is 0 Å². The Bertz CT molecular complexity index is 442.